The lowest BCUT2D eigenvalue weighted by atomic mass is 10.1. The number of hydrogen-bond donors (Lipinski definition) is 1. The van der Waals surface area contributed by atoms with Crippen LogP contribution in [0.3, 0.4) is 0 Å². The highest BCUT2D eigenvalue weighted by Crippen LogP contribution is 2.25. The van der Waals surface area contributed by atoms with Crippen LogP contribution in [0.4, 0.5) is 0 Å². The summed E-state index contributed by atoms with van der Waals surface area (Å²) in [6.45, 7) is 4.64. The van der Waals surface area contributed by atoms with E-state index in [2.05, 4.69) is 18.0 Å². The molecule has 4 heteroatoms. The average Bonchev–Trinajstić information content (AvgIpc) is 2.77. The van der Waals surface area contributed by atoms with E-state index in [4.69, 9.17) is 10.5 Å². The molecule has 1 unspecified atom stereocenters. The first-order valence-corrected chi connectivity index (χ1v) is 6.53. The molecule has 0 fully saturated rings. The van der Waals surface area contributed by atoms with Crippen LogP contribution in [-0.2, 0) is 13.5 Å². The second kappa shape index (κ2) is 5.89. The largest absolute Gasteiger partial charge is 0.493 e. The second-order valence-electron chi connectivity index (χ2n) is 4.88. The van der Waals surface area contributed by atoms with Crippen molar-refractivity contribution in [3.63, 3.8) is 0 Å². The number of benzene rings is 1. The Labute approximate surface area is 114 Å². The molecule has 0 aliphatic heterocycles. The van der Waals surface area contributed by atoms with E-state index in [0.29, 0.717) is 6.61 Å². The fourth-order valence-corrected chi connectivity index (χ4v) is 2.04. The van der Waals surface area contributed by atoms with Gasteiger partial charge in [0, 0.05) is 37.5 Å². The summed E-state index contributed by atoms with van der Waals surface area (Å²) in [5.74, 6) is 1.89. The molecule has 1 heterocycles. The van der Waals surface area contributed by atoms with Crippen LogP contribution in [0.2, 0.25) is 0 Å². The predicted octanol–water partition coefficient (Wildman–Crippen LogP) is 2.37. The van der Waals surface area contributed by atoms with Crippen molar-refractivity contribution in [2.75, 3.05) is 6.61 Å². The molecule has 0 saturated carbocycles. The van der Waals surface area contributed by atoms with E-state index in [1.165, 1.54) is 5.56 Å². The Bertz CT molecular complexity index is 546. The molecule has 2 aromatic rings. The van der Waals surface area contributed by atoms with Crippen LogP contribution in [0.25, 0.3) is 0 Å². The van der Waals surface area contributed by atoms with Crippen LogP contribution in [0.15, 0.2) is 30.6 Å². The minimum Gasteiger partial charge on any atom is -0.493 e. The maximum atomic E-state index is 5.98. The summed E-state index contributed by atoms with van der Waals surface area (Å²) in [6, 6.07) is 6.10. The van der Waals surface area contributed by atoms with E-state index in [1.54, 1.807) is 6.20 Å². The molecule has 102 valence electrons. The topological polar surface area (TPSA) is 53.1 Å². The minimum absolute atomic E-state index is 0.0249. The lowest BCUT2D eigenvalue weighted by Crippen LogP contribution is -2.11. The van der Waals surface area contributed by atoms with Crippen LogP contribution in [0.5, 0.6) is 5.75 Å². The molecule has 0 saturated heterocycles. The SMILES string of the molecule is Cc1ccc(OCCc2nccn2C)c(C(C)N)c1. The summed E-state index contributed by atoms with van der Waals surface area (Å²) in [6.07, 6.45) is 4.53. The molecule has 0 aliphatic carbocycles. The Morgan fingerprint density at radius 1 is 1.42 bits per heavy atom. The molecule has 0 aliphatic rings. The Hall–Kier alpha value is -1.81. The highest BCUT2D eigenvalue weighted by atomic mass is 16.5. The van der Waals surface area contributed by atoms with E-state index in [0.717, 1.165) is 23.6 Å². The summed E-state index contributed by atoms with van der Waals surface area (Å²) in [5.41, 5.74) is 8.23. The van der Waals surface area contributed by atoms with Crippen LogP contribution in [-0.4, -0.2) is 16.2 Å². The molecule has 1 aromatic heterocycles. The standard InChI is InChI=1S/C15H21N3O/c1-11-4-5-14(13(10-11)12(2)16)19-9-6-15-17-7-8-18(15)3/h4-5,7-8,10,12H,6,9,16H2,1-3H3. The molecular formula is C15H21N3O. The Morgan fingerprint density at radius 3 is 2.84 bits per heavy atom. The lowest BCUT2D eigenvalue weighted by Gasteiger charge is -2.14. The number of imidazole rings is 1. The van der Waals surface area contributed by atoms with Gasteiger partial charge < -0.3 is 15.0 Å². The summed E-state index contributed by atoms with van der Waals surface area (Å²) in [5, 5.41) is 0. The van der Waals surface area contributed by atoms with Gasteiger partial charge in [0.2, 0.25) is 0 Å². The first-order valence-electron chi connectivity index (χ1n) is 6.53. The minimum atomic E-state index is -0.0249. The molecule has 2 N–H and O–H groups in total. The first kappa shape index (κ1) is 13.6. The van der Waals surface area contributed by atoms with Crippen molar-refractivity contribution in [2.24, 2.45) is 12.8 Å². The number of rotatable bonds is 5. The van der Waals surface area contributed by atoms with E-state index in [1.807, 2.05) is 36.9 Å². The van der Waals surface area contributed by atoms with Crippen LogP contribution >= 0.6 is 0 Å². The van der Waals surface area contributed by atoms with Crippen LogP contribution in [0.1, 0.15) is 29.9 Å². The molecule has 2 rings (SSSR count). The molecule has 1 aromatic carbocycles. The first-order chi connectivity index (χ1) is 9.08. The van der Waals surface area contributed by atoms with E-state index in [9.17, 15) is 0 Å². The quantitative estimate of drug-likeness (QED) is 0.897. The van der Waals surface area contributed by atoms with Gasteiger partial charge in [-0.1, -0.05) is 17.7 Å². The molecule has 4 nitrogen and oxygen atoms in total. The summed E-state index contributed by atoms with van der Waals surface area (Å²) in [7, 11) is 1.99. The van der Waals surface area contributed by atoms with Crippen molar-refractivity contribution in [1.82, 2.24) is 9.55 Å². The monoisotopic (exact) mass is 259 g/mol. The second-order valence-corrected chi connectivity index (χ2v) is 4.88. The Morgan fingerprint density at radius 2 is 2.21 bits per heavy atom. The zero-order valence-electron chi connectivity index (χ0n) is 11.8. The van der Waals surface area contributed by atoms with Crippen LogP contribution in [0, 0.1) is 6.92 Å². The van der Waals surface area contributed by atoms with Crippen molar-refractivity contribution in [3.05, 3.63) is 47.5 Å². The number of hydrogen-bond acceptors (Lipinski definition) is 3. The smallest absolute Gasteiger partial charge is 0.124 e. The highest BCUT2D eigenvalue weighted by Gasteiger charge is 2.09. The molecule has 0 spiro atoms. The van der Waals surface area contributed by atoms with Gasteiger partial charge in [0.1, 0.15) is 11.6 Å². The number of nitrogens with zero attached hydrogens (tertiary/aromatic N) is 2. The molecule has 1 atom stereocenters. The van der Waals surface area contributed by atoms with E-state index >= 15 is 0 Å². The van der Waals surface area contributed by atoms with Crippen molar-refractivity contribution in [1.29, 1.82) is 0 Å². The Kier molecular flexibility index (Phi) is 4.22. The van der Waals surface area contributed by atoms with Gasteiger partial charge in [-0.25, -0.2) is 4.98 Å². The predicted molar refractivity (Wildman–Crippen MR) is 76.2 cm³/mol. The number of nitrogens with two attached hydrogens (primary N) is 1. The van der Waals surface area contributed by atoms with Gasteiger partial charge in [0.15, 0.2) is 0 Å². The third-order valence-electron chi connectivity index (χ3n) is 3.16. The summed E-state index contributed by atoms with van der Waals surface area (Å²) >= 11 is 0. The fraction of sp³-hybridized carbons (Fsp3) is 0.400. The van der Waals surface area contributed by atoms with Gasteiger partial charge in [-0.3, -0.25) is 0 Å². The summed E-state index contributed by atoms with van der Waals surface area (Å²) in [4.78, 5) is 4.28. The zero-order valence-corrected chi connectivity index (χ0v) is 11.8. The third-order valence-corrected chi connectivity index (χ3v) is 3.16. The number of aryl methyl sites for hydroxylation is 2. The maximum Gasteiger partial charge on any atom is 0.124 e. The Balaban J connectivity index is 2.01. The fourth-order valence-electron chi connectivity index (χ4n) is 2.04. The van der Waals surface area contributed by atoms with Crippen molar-refractivity contribution >= 4 is 0 Å². The van der Waals surface area contributed by atoms with E-state index < -0.39 is 0 Å². The van der Waals surface area contributed by atoms with Crippen molar-refractivity contribution in [3.8, 4) is 5.75 Å². The van der Waals surface area contributed by atoms with Crippen molar-refractivity contribution in [2.45, 2.75) is 26.3 Å². The maximum absolute atomic E-state index is 5.98. The third kappa shape index (κ3) is 3.35. The zero-order chi connectivity index (χ0) is 13.8. The normalized spacial score (nSPS) is 12.4. The molecule has 0 radical (unpaired) electrons. The van der Waals surface area contributed by atoms with Gasteiger partial charge in [-0.05, 0) is 19.9 Å². The average molecular weight is 259 g/mol. The van der Waals surface area contributed by atoms with Crippen molar-refractivity contribution < 1.29 is 4.74 Å². The number of ether oxygens (including phenoxy) is 1. The molecule has 0 bridgehead atoms. The van der Waals surface area contributed by atoms with Gasteiger partial charge in [-0.2, -0.15) is 0 Å². The highest BCUT2D eigenvalue weighted by molar-refractivity contribution is 5.38. The molecule has 19 heavy (non-hydrogen) atoms. The lowest BCUT2D eigenvalue weighted by molar-refractivity contribution is 0.313. The van der Waals surface area contributed by atoms with Gasteiger partial charge >= 0.3 is 0 Å². The summed E-state index contributed by atoms with van der Waals surface area (Å²) < 4.78 is 7.85. The van der Waals surface area contributed by atoms with Gasteiger partial charge in [-0.15, -0.1) is 0 Å². The molecule has 0 amide bonds. The molecular weight excluding hydrogens is 238 g/mol. The van der Waals surface area contributed by atoms with Gasteiger partial charge in [0.05, 0.1) is 6.61 Å². The number of aromatic nitrogens is 2. The van der Waals surface area contributed by atoms with Crippen LogP contribution < -0.4 is 10.5 Å². The van der Waals surface area contributed by atoms with Gasteiger partial charge in [0.25, 0.3) is 0 Å². The van der Waals surface area contributed by atoms with E-state index in [-0.39, 0.29) is 6.04 Å².